The molecule has 1 amide bonds. The maximum absolute atomic E-state index is 12.9. The molecule has 0 spiro atoms. The van der Waals surface area contributed by atoms with Crippen molar-refractivity contribution in [2.24, 2.45) is 0 Å². The molecule has 0 saturated carbocycles. The molecule has 7 nitrogen and oxygen atoms in total. The highest BCUT2D eigenvalue weighted by atomic mass is 35.5. The number of likely N-dealkylation sites (tertiary alicyclic amines) is 1. The van der Waals surface area contributed by atoms with E-state index in [9.17, 15) is 13.2 Å². The van der Waals surface area contributed by atoms with E-state index >= 15 is 0 Å². The van der Waals surface area contributed by atoms with Crippen LogP contribution < -0.4 is 14.8 Å². The molecular weight excluding hydrogens is 557 g/mol. The summed E-state index contributed by atoms with van der Waals surface area (Å²) < 4.78 is 34.3. The highest BCUT2D eigenvalue weighted by Crippen LogP contribution is 2.34. The van der Waals surface area contributed by atoms with Crippen LogP contribution in [0.1, 0.15) is 29.6 Å². The Labute approximate surface area is 231 Å². The molecule has 0 aromatic heterocycles. The van der Waals surface area contributed by atoms with Crippen LogP contribution in [0.3, 0.4) is 0 Å². The number of anilines is 1. The second-order valence-electron chi connectivity index (χ2n) is 8.61. The van der Waals surface area contributed by atoms with Crippen molar-refractivity contribution in [3.8, 4) is 11.5 Å². The SMILES string of the molecule is O=C(NCCN1CCCCC1)c1ccc(Oc2ccc(Cl)cc2NS(=O)(=O)c2ccc(Cl)c(Cl)c2)cc1. The Balaban J connectivity index is 1.42. The monoisotopic (exact) mass is 581 g/mol. The van der Waals surface area contributed by atoms with E-state index in [-0.39, 0.29) is 32.3 Å². The number of benzene rings is 3. The summed E-state index contributed by atoms with van der Waals surface area (Å²) in [6.07, 6.45) is 3.70. The first kappa shape index (κ1) is 27.5. The van der Waals surface area contributed by atoms with Gasteiger partial charge in [-0.3, -0.25) is 9.52 Å². The zero-order valence-electron chi connectivity index (χ0n) is 19.8. The van der Waals surface area contributed by atoms with Gasteiger partial charge in [-0.05, 0) is 86.6 Å². The lowest BCUT2D eigenvalue weighted by Crippen LogP contribution is -2.37. The number of amides is 1. The predicted molar refractivity (Wildman–Crippen MR) is 148 cm³/mol. The molecule has 1 heterocycles. The number of rotatable bonds is 9. The number of halogens is 3. The number of piperidine rings is 1. The summed E-state index contributed by atoms with van der Waals surface area (Å²) in [6.45, 7) is 3.59. The smallest absolute Gasteiger partial charge is 0.262 e. The molecule has 4 rings (SSSR count). The molecule has 0 unspecified atom stereocenters. The number of sulfonamides is 1. The summed E-state index contributed by atoms with van der Waals surface area (Å²) in [5, 5.41) is 3.62. The van der Waals surface area contributed by atoms with Crippen LogP contribution in [0.5, 0.6) is 11.5 Å². The molecule has 0 bridgehead atoms. The number of hydrogen-bond donors (Lipinski definition) is 2. The van der Waals surface area contributed by atoms with Gasteiger partial charge in [0, 0.05) is 23.7 Å². The fourth-order valence-electron chi connectivity index (χ4n) is 3.93. The fraction of sp³-hybridized carbons (Fsp3) is 0.269. The van der Waals surface area contributed by atoms with Crippen molar-refractivity contribution in [2.75, 3.05) is 30.9 Å². The van der Waals surface area contributed by atoms with Crippen LogP contribution in [0.25, 0.3) is 0 Å². The first-order valence-electron chi connectivity index (χ1n) is 11.8. The van der Waals surface area contributed by atoms with Crippen LogP contribution in [0.2, 0.25) is 15.1 Å². The highest BCUT2D eigenvalue weighted by molar-refractivity contribution is 7.92. The van der Waals surface area contributed by atoms with Crippen LogP contribution in [-0.4, -0.2) is 45.4 Å². The predicted octanol–water partition coefficient (Wildman–Crippen LogP) is 6.46. The maximum atomic E-state index is 12.9. The molecule has 1 aliphatic rings. The molecule has 11 heteroatoms. The molecule has 3 aromatic rings. The van der Waals surface area contributed by atoms with Crippen molar-refractivity contribution in [3.63, 3.8) is 0 Å². The van der Waals surface area contributed by atoms with Crippen molar-refractivity contribution in [1.82, 2.24) is 10.2 Å². The zero-order valence-corrected chi connectivity index (χ0v) is 22.9. The molecule has 0 radical (unpaired) electrons. The molecule has 1 aliphatic heterocycles. The number of hydrogen-bond acceptors (Lipinski definition) is 5. The van der Waals surface area contributed by atoms with Gasteiger partial charge in [-0.1, -0.05) is 41.2 Å². The summed E-state index contributed by atoms with van der Waals surface area (Å²) in [6, 6.07) is 15.2. The molecule has 0 aliphatic carbocycles. The van der Waals surface area contributed by atoms with E-state index in [1.165, 1.54) is 43.5 Å². The van der Waals surface area contributed by atoms with Gasteiger partial charge in [-0.2, -0.15) is 0 Å². The van der Waals surface area contributed by atoms with E-state index in [1.54, 1.807) is 36.4 Å². The summed E-state index contributed by atoms with van der Waals surface area (Å²) >= 11 is 18.0. The summed E-state index contributed by atoms with van der Waals surface area (Å²) in [4.78, 5) is 14.8. The van der Waals surface area contributed by atoms with Crippen LogP contribution >= 0.6 is 34.8 Å². The van der Waals surface area contributed by atoms with Crippen LogP contribution in [0.4, 0.5) is 5.69 Å². The minimum Gasteiger partial charge on any atom is -0.455 e. The third-order valence-electron chi connectivity index (χ3n) is 5.89. The molecular formula is C26H26Cl3N3O4S. The van der Waals surface area contributed by atoms with E-state index in [4.69, 9.17) is 39.5 Å². The second-order valence-corrected chi connectivity index (χ2v) is 11.5. The Morgan fingerprint density at radius 1 is 0.892 bits per heavy atom. The van der Waals surface area contributed by atoms with E-state index in [0.717, 1.165) is 19.6 Å². The molecule has 3 aromatic carbocycles. The van der Waals surface area contributed by atoms with Gasteiger partial charge >= 0.3 is 0 Å². The number of carbonyl (C=O) groups excluding carboxylic acids is 1. The van der Waals surface area contributed by atoms with E-state index in [1.807, 2.05) is 0 Å². The minimum atomic E-state index is -4.01. The standard InChI is InChI=1S/C26H26Cl3N3O4S/c27-19-6-11-25(24(16-19)31-37(34,35)21-9-10-22(28)23(29)17-21)36-20-7-4-18(5-8-20)26(33)30-12-15-32-13-2-1-3-14-32/h4-11,16-17,31H,1-3,12-15H2,(H,30,33). The van der Waals surface area contributed by atoms with Gasteiger partial charge in [0.15, 0.2) is 5.75 Å². The lowest BCUT2D eigenvalue weighted by molar-refractivity contribution is 0.0946. The van der Waals surface area contributed by atoms with Gasteiger partial charge in [0.1, 0.15) is 5.75 Å². The van der Waals surface area contributed by atoms with E-state index in [0.29, 0.717) is 22.9 Å². The Hall–Kier alpha value is -2.49. The first-order chi connectivity index (χ1) is 17.7. The molecule has 2 N–H and O–H groups in total. The molecule has 0 atom stereocenters. The van der Waals surface area contributed by atoms with Crippen molar-refractivity contribution >= 4 is 56.4 Å². The van der Waals surface area contributed by atoms with Crippen LogP contribution in [0.15, 0.2) is 65.6 Å². The Morgan fingerprint density at radius 3 is 2.32 bits per heavy atom. The first-order valence-corrected chi connectivity index (χ1v) is 14.4. The maximum Gasteiger partial charge on any atom is 0.262 e. The number of nitrogens with zero attached hydrogens (tertiary/aromatic N) is 1. The normalized spacial score (nSPS) is 14.2. The van der Waals surface area contributed by atoms with Crippen molar-refractivity contribution < 1.29 is 17.9 Å². The minimum absolute atomic E-state index is 0.0662. The molecule has 196 valence electrons. The highest BCUT2D eigenvalue weighted by Gasteiger charge is 2.19. The Morgan fingerprint density at radius 2 is 1.62 bits per heavy atom. The largest absolute Gasteiger partial charge is 0.455 e. The molecule has 1 fully saturated rings. The summed E-state index contributed by atoms with van der Waals surface area (Å²) in [7, 11) is -4.01. The molecule has 1 saturated heterocycles. The van der Waals surface area contributed by atoms with Gasteiger partial charge in [0.25, 0.3) is 15.9 Å². The summed E-state index contributed by atoms with van der Waals surface area (Å²) in [5.41, 5.74) is 0.640. The van der Waals surface area contributed by atoms with Crippen molar-refractivity contribution in [3.05, 3.63) is 81.3 Å². The summed E-state index contributed by atoms with van der Waals surface area (Å²) in [5.74, 6) is 0.485. The lowest BCUT2D eigenvalue weighted by atomic mass is 10.1. The number of carbonyl (C=O) groups is 1. The van der Waals surface area contributed by atoms with E-state index in [2.05, 4.69) is 14.9 Å². The van der Waals surface area contributed by atoms with Crippen molar-refractivity contribution in [2.45, 2.75) is 24.2 Å². The van der Waals surface area contributed by atoms with Gasteiger partial charge < -0.3 is 15.0 Å². The van der Waals surface area contributed by atoms with Crippen LogP contribution in [-0.2, 0) is 10.0 Å². The lowest BCUT2D eigenvalue weighted by Gasteiger charge is -2.26. The van der Waals surface area contributed by atoms with Gasteiger partial charge in [-0.15, -0.1) is 0 Å². The third kappa shape index (κ3) is 7.52. The average Bonchev–Trinajstić information content (AvgIpc) is 2.88. The van der Waals surface area contributed by atoms with Gasteiger partial charge in [0.05, 0.1) is 20.6 Å². The second kappa shape index (κ2) is 12.4. The quantitative estimate of drug-likeness (QED) is 0.303. The van der Waals surface area contributed by atoms with Gasteiger partial charge in [0.2, 0.25) is 0 Å². The Kier molecular flexibility index (Phi) is 9.21. The zero-order chi connectivity index (χ0) is 26.4. The number of nitrogens with one attached hydrogen (secondary N) is 2. The van der Waals surface area contributed by atoms with Gasteiger partial charge in [-0.25, -0.2) is 8.42 Å². The van der Waals surface area contributed by atoms with E-state index < -0.39 is 10.0 Å². The fourth-order valence-corrected chi connectivity index (χ4v) is 5.55. The Bertz CT molecular complexity index is 1360. The third-order valence-corrected chi connectivity index (χ3v) is 8.23. The van der Waals surface area contributed by atoms with Crippen molar-refractivity contribution in [1.29, 1.82) is 0 Å². The number of ether oxygens (including phenoxy) is 1. The van der Waals surface area contributed by atoms with Crippen LogP contribution in [0, 0.1) is 0 Å². The molecule has 37 heavy (non-hydrogen) atoms. The topological polar surface area (TPSA) is 87.7 Å². The average molecular weight is 583 g/mol.